The molecule has 0 bridgehead atoms. The Balaban J connectivity index is 2.26. The monoisotopic (exact) mass is 214 g/mol. The van der Waals surface area contributed by atoms with E-state index in [1.807, 2.05) is 12.3 Å². The molecule has 0 radical (unpaired) electrons. The van der Waals surface area contributed by atoms with Gasteiger partial charge in [0.15, 0.2) is 0 Å². The van der Waals surface area contributed by atoms with Gasteiger partial charge in [-0.25, -0.2) is 0 Å². The summed E-state index contributed by atoms with van der Waals surface area (Å²) in [4.78, 5) is 4.31. The minimum Gasteiger partial charge on any atom is -0.327 e. The van der Waals surface area contributed by atoms with E-state index in [1.165, 1.54) is 10.9 Å². The normalized spacial score (nSPS) is 13.2. The van der Waals surface area contributed by atoms with Gasteiger partial charge < -0.3 is 5.73 Å². The van der Waals surface area contributed by atoms with Crippen LogP contribution in [0, 0.1) is 5.92 Å². The van der Waals surface area contributed by atoms with Crippen LogP contribution in [0.5, 0.6) is 0 Å². The molecule has 2 aromatic rings. The Morgan fingerprint density at radius 2 is 2.06 bits per heavy atom. The van der Waals surface area contributed by atoms with Gasteiger partial charge in [0.05, 0.1) is 5.52 Å². The lowest BCUT2D eigenvalue weighted by atomic mass is 9.96. The van der Waals surface area contributed by atoms with Gasteiger partial charge >= 0.3 is 0 Å². The molecule has 1 atom stereocenters. The molecule has 2 N–H and O–H groups in total. The Bertz CT molecular complexity index is 477. The molecule has 0 fully saturated rings. The second-order valence-electron chi connectivity index (χ2n) is 4.64. The Kier molecular flexibility index (Phi) is 3.20. The second-order valence-corrected chi connectivity index (χ2v) is 4.64. The first-order valence-electron chi connectivity index (χ1n) is 5.76. The van der Waals surface area contributed by atoms with Crippen molar-refractivity contribution in [3.63, 3.8) is 0 Å². The van der Waals surface area contributed by atoms with Gasteiger partial charge in [0, 0.05) is 17.6 Å². The number of benzene rings is 1. The van der Waals surface area contributed by atoms with E-state index in [-0.39, 0.29) is 6.04 Å². The van der Waals surface area contributed by atoms with Crippen molar-refractivity contribution in [1.82, 2.24) is 4.98 Å². The van der Waals surface area contributed by atoms with Crippen LogP contribution in [0.15, 0.2) is 36.5 Å². The third kappa shape index (κ3) is 2.39. The molecule has 84 valence electrons. The summed E-state index contributed by atoms with van der Waals surface area (Å²) in [6.07, 6.45) is 2.75. The van der Waals surface area contributed by atoms with E-state index in [0.717, 1.165) is 11.9 Å². The van der Waals surface area contributed by atoms with E-state index >= 15 is 0 Å². The lowest BCUT2D eigenvalue weighted by Gasteiger charge is -2.15. The second kappa shape index (κ2) is 4.62. The number of nitrogens with two attached hydrogens (primary N) is 1. The van der Waals surface area contributed by atoms with Crippen molar-refractivity contribution >= 4 is 10.9 Å². The molecule has 0 aliphatic heterocycles. The van der Waals surface area contributed by atoms with Crippen LogP contribution >= 0.6 is 0 Å². The maximum absolute atomic E-state index is 6.08. The summed E-state index contributed by atoms with van der Waals surface area (Å²) in [7, 11) is 0. The smallest absolute Gasteiger partial charge is 0.0702 e. The molecule has 1 aromatic carbocycles. The molecule has 0 aliphatic rings. The number of pyridine rings is 1. The SMILES string of the molecule is CC(C)C(N)Cc1ccc2ncccc2c1. The fourth-order valence-corrected chi connectivity index (χ4v) is 1.76. The van der Waals surface area contributed by atoms with E-state index in [1.54, 1.807) is 0 Å². The highest BCUT2D eigenvalue weighted by molar-refractivity contribution is 5.78. The Hall–Kier alpha value is -1.41. The molecule has 0 amide bonds. The molecule has 2 heteroatoms. The highest BCUT2D eigenvalue weighted by atomic mass is 14.6. The molecule has 1 heterocycles. The van der Waals surface area contributed by atoms with Crippen LogP contribution in [-0.4, -0.2) is 11.0 Å². The van der Waals surface area contributed by atoms with Gasteiger partial charge in [-0.1, -0.05) is 26.0 Å². The number of fused-ring (bicyclic) bond motifs is 1. The summed E-state index contributed by atoms with van der Waals surface area (Å²) >= 11 is 0. The van der Waals surface area contributed by atoms with Gasteiger partial charge in [-0.3, -0.25) is 4.98 Å². The Labute approximate surface area is 96.5 Å². The van der Waals surface area contributed by atoms with Crippen LogP contribution in [0.3, 0.4) is 0 Å². The van der Waals surface area contributed by atoms with E-state index in [0.29, 0.717) is 5.92 Å². The fraction of sp³-hybridized carbons (Fsp3) is 0.357. The standard InChI is InChI=1S/C14H18N2/c1-10(2)13(15)9-11-5-6-14-12(8-11)4-3-7-16-14/h3-8,10,13H,9,15H2,1-2H3. The Morgan fingerprint density at radius 3 is 2.81 bits per heavy atom. The van der Waals surface area contributed by atoms with E-state index in [4.69, 9.17) is 5.73 Å². The first kappa shape index (κ1) is 11.1. The molecule has 2 nitrogen and oxygen atoms in total. The molecule has 0 saturated heterocycles. The molecule has 2 rings (SSSR count). The van der Waals surface area contributed by atoms with Crippen LogP contribution < -0.4 is 5.73 Å². The van der Waals surface area contributed by atoms with Crippen LogP contribution in [0.4, 0.5) is 0 Å². The summed E-state index contributed by atoms with van der Waals surface area (Å²) < 4.78 is 0. The lowest BCUT2D eigenvalue weighted by Crippen LogP contribution is -2.28. The number of hydrogen-bond acceptors (Lipinski definition) is 2. The topological polar surface area (TPSA) is 38.9 Å². The van der Waals surface area contributed by atoms with Crippen molar-refractivity contribution in [2.24, 2.45) is 11.7 Å². The molecule has 0 aliphatic carbocycles. The largest absolute Gasteiger partial charge is 0.327 e. The van der Waals surface area contributed by atoms with Crippen molar-refractivity contribution in [2.75, 3.05) is 0 Å². The van der Waals surface area contributed by atoms with E-state index in [2.05, 4.69) is 43.1 Å². The highest BCUT2D eigenvalue weighted by Crippen LogP contribution is 2.15. The summed E-state index contributed by atoms with van der Waals surface area (Å²) in [6, 6.07) is 10.7. The van der Waals surface area contributed by atoms with Crippen molar-refractivity contribution < 1.29 is 0 Å². The van der Waals surface area contributed by atoms with Crippen molar-refractivity contribution in [1.29, 1.82) is 0 Å². The zero-order chi connectivity index (χ0) is 11.5. The number of nitrogens with zero attached hydrogens (tertiary/aromatic N) is 1. The van der Waals surface area contributed by atoms with E-state index < -0.39 is 0 Å². The minimum atomic E-state index is 0.231. The molecule has 1 unspecified atom stereocenters. The summed E-state index contributed by atoms with van der Waals surface area (Å²) in [5, 5.41) is 1.19. The zero-order valence-corrected chi connectivity index (χ0v) is 9.85. The maximum atomic E-state index is 6.08. The minimum absolute atomic E-state index is 0.231. The average molecular weight is 214 g/mol. The average Bonchev–Trinajstić information content (AvgIpc) is 2.28. The third-order valence-electron chi connectivity index (χ3n) is 3.00. The molecular weight excluding hydrogens is 196 g/mol. The highest BCUT2D eigenvalue weighted by Gasteiger charge is 2.08. The zero-order valence-electron chi connectivity index (χ0n) is 9.85. The number of aromatic nitrogens is 1. The van der Waals surface area contributed by atoms with Gasteiger partial charge in [-0.2, -0.15) is 0 Å². The van der Waals surface area contributed by atoms with Crippen LogP contribution in [-0.2, 0) is 6.42 Å². The first-order chi connectivity index (χ1) is 7.66. The van der Waals surface area contributed by atoms with E-state index in [9.17, 15) is 0 Å². The maximum Gasteiger partial charge on any atom is 0.0702 e. The summed E-state index contributed by atoms with van der Waals surface area (Å²) in [5.74, 6) is 0.518. The predicted octanol–water partition coefficient (Wildman–Crippen LogP) is 2.76. The summed E-state index contributed by atoms with van der Waals surface area (Å²) in [5.41, 5.74) is 8.42. The number of hydrogen-bond donors (Lipinski definition) is 1. The quantitative estimate of drug-likeness (QED) is 0.853. The van der Waals surface area contributed by atoms with Crippen LogP contribution in [0.2, 0.25) is 0 Å². The molecular formula is C14H18N2. The lowest BCUT2D eigenvalue weighted by molar-refractivity contribution is 0.491. The molecule has 1 aromatic heterocycles. The molecule has 0 spiro atoms. The summed E-state index contributed by atoms with van der Waals surface area (Å²) in [6.45, 7) is 4.32. The van der Waals surface area contributed by atoms with Gasteiger partial charge in [0.2, 0.25) is 0 Å². The molecule has 0 saturated carbocycles. The van der Waals surface area contributed by atoms with Crippen molar-refractivity contribution in [3.8, 4) is 0 Å². The van der Waals surface area contributed by atoms with Crippen molar-refractivity contribution in [2.45, 2.75) is 26.3 Å². The van der Waals surface area contributed by atoms with Crippen molar-refractivity contribution in [3.05, 3.63) is 42.1 Å². The van der Waals surface area contributed by atoms with Crippen LogP contribution in [0.1, 0.15) is 19.4 Å². The fourth-order valence-electron chi connectivity index (χ4n) is 1.76. The number of rotatable bonds is 3. The van der Waals surface area contributed by atoms with Gasteiger partial charge in [0.1, 0.15) is 0 Å². The van der Waals surface area contributed by atoms with Gasteiger partial charge in [0.25, 0.3) is 0 Å². The predicted molar refractivity (Wildman–Crippen MR) is 68.3 cm³/mol. The van der Waals surface area contributed by atoms with Gasteiger partial charge in [-0.05, 0) is 36.1 Å². The molecule has 16 heavy (non-hydrogen) atoms. The third-order valence-corrected chi connectivity index (χ3v) is 3.00. The Morgan fingerprint density at radius 1 is 1.25 bits per heavy atom. The van der Waals surface area contributed by atoms with Crippen LogP contribution in [0.25, 0.3) is 10.9 Å². The van der Waals surface area contributed by atoms with Gasteiger partial charge in [-0.15, -0.1) is 0 Å². The first-order valence-corrected chi connectivity index (χ1v) is 5.76.